The summed E-state index contributed by atoms with van der Waals surface area (Å²) in [5, 5.41) is 7.98. The molecule has 76 valence electrons. The van der Waals surface area contributed by atoms with Gasteiger partial charge in [-0.2, -0.15) is 10.2 Å². The van der Waals surface area contributed by atoms with Gasteiger partial charge in [0.2, 0.25) is 0 Å². The lowest BCUT2D eigenvalue weighted by Crippen LogP contribution is -2.07. The fourth-order valence-electron chi connectivity index (χ4n) is 1.38. The van der Waals surface area contributed by atoms with Crippen molar-refractivity contribution >= 4 is 5.78 Å². The molecular formula is C11H16N2O. The van der Waals surface area contributed by atoms with Crippen molar-refractivity contribution in [3.63, 3.8) is 0 Å². The van der Waals surface area contributed by atoms with E-state index < -0.39 is 0 Å². The second-order valence-electron chi connectivity index (χ2n) is 3.37. The third-order valence-corrected chi connectivity index (χ3v) is 2.10. The van der Waals surface area contributed by atoms with Gasteiger partial charge in [-0.3, -0.25) is 4.79 Å². The van der Waals surface area contributed by atoms with Crippen molar-refractivity contribution in [3.8, 4) is 0 Å². The Bertz CT molecular complexity index is 334. The monoisotopic (exact) mass is 192 g/mol. The molecule has 0 aliphatic heterocycles. The van der Waals surface area contributed by atoms with E-state index in [-0.39, 0.29) is 5.78 Å². The van der Waals surface area contributed by atoms with Crippen molar-refractivity contribution in [1.82, 2.24) is 10.2 Å². The minimum atomic E-state index is 0.183. The fraction of sp³-hybridized carbons (Fsp3) is 0.545. The van der Waals surface area contributed by atoms with Crippen LogP contribution in [0.3, 0.4) is 0 Å². The number of nitrogens with zero attached hydrogens (tertiary/aromatic N) is 2. The molecule has 0 fully saturated rings. The zero-order chi connectivity index (χ0) is 10.6. The minimum Gasteiger partial charge on any atom is -0.294 e. The van der Waals surface area contributed by atoms with Crippen LogP contribution in [-0.2, 0) is 6.42 Å². The Morgan fingerprint density at radius 2 is 2.07 bits per heavy atom. The van der Waals surface area contributed by atoms with Crippen LogP contribution in [0.4, 0.5) is 0 Å². The number of ketones is 1. The maximum absolute atomic E-state index is 11.7. The average Bonchev–Trinajstić information content (AvgIpc) is 2.18. The molecule has 0 amide bonds. The van der Waals surface area contributed by atoms with Crippen LogP contribution in [-0.4, -0.2) is 16.0 Å². The van der Waals surface area contributed by atoms with Crippen LogP contribution in [0.25, 0.3) is 0 Å². The molecule has 0 N–H and O–H groups in total. The molecule has 0 bridgehead atoms. The lowest BCUT2D eigenvalue weighted by molar-refractivity contribution is 0.0980. The highest BCUT2D eigenvalue weighted by Gasteiger charge is 2.11. The molecule has 0 radical (unpaired) electrons. The van der Waals surface area contributed by atoms with Crippen molar-refractivity contribution in [2.75, 3.05) is 0 Å². The highest BCUT2D eigenvalue weighted by molar-refractivity contribution is 5.97. The first-order chi connectivity index (χ1) is 6.69. The first-order valence-electron chi connectivity index (χ1n) is 5.05. The summed E-state index contributed by atoms with van der Waals surface area (Å²) in [4.78, 5) is 11.7. The summed E-state index contributed by atoms with van der Waals surface area (Å²) in [7, 11) is 0. The summed E-state index contributed by atoms with van der Waals surface area (Å²) < 4.78 is 0. The van der Waals surface area contributed by atoms with Gasteiger partial charge in [-0.1, -0.05) is 13.8 Å². The van der Waals surface area contributed by atoms with Crippen LogP contribution in [0.5, 0.6) is 0 Å². The maximum atomic E-state index is 11.7. The van der Waals surface area contributed by atoms with Crippen LogP contribution in [0, 0.1) is 6.92 Å². The molecule has 1 aromatic rings. The number of hydrogen-bond acceptors (Lipinski definition) is 3. The summed E-state index contributed by atoms with van der Waals surface area (Å²) in [5.41, 5.74) is 2.37. The Balaban J connectivity index is 3.03. The standard InChI is InChI=1S/C11H16N2O/c1-4-6-11(14)9-7-8(3)12-13-10(9)5-2/h7H,4-6H2,1-3H3. The number of aromatic nitrogens is 2. The zero-order valence-electron chi connectivity index (χ0n) is 9.00. The van der Waals surface area contributed by atoms with Gasteiger partial charge >= 0.3 is 0 Å². The van der Waals surface area contributed by atoms with Crippen molar-refractivity contribution in [1.29, 1.82) is 0 Å². The van der Waals surface area contributed by atoms with E-state index in [0.29, 0.717) is 6.42 Å². The fourth-order valence-corrected chi connectivity index (χ4v) is 1.38. The summed E-state index contributed by atoms with van der Waals surface area (Å²) >= 11 is 0. The summed E-state index contributed by atoms with van der Waals surface area (Å²) in [6, 6.07) is 1.84. The number of carbonyl (C=O) groups excluding carboxylic acids is 1. The number of Topliss-reactive ketones (excluding diaryl/α,β-unsaturated/α-hetero) is 1. The van der Waals surface area contributed by atoms with Crippen molar-refractivity contribution in [3.05, 3.63) is 23.0 Å². The van der Waals surface area contributed by atoms with Crippen LogP contribution >= 0.6 is 0 Å². The Morgan fingerprint density at radius 1 is 1.36 bits per heavy atom. The molecular weight excluding hydrogens is 176 g/mol. The molecule has 14 heavy (non-hydrogen) atoms. The van der Waals surface area contributed by atoms with E-state index in [1.54, 1.807) is 0 Å². The molecule has 1 heterocycles. The lowest BCUT2D eigenvalue weighted by atomic mass is 10.0. The summed E-state index contributed by atoms with van der Waals surface area (Å²) in [6.45, 7) is 5.85. The Hall–Kier alpha value is -1.25. The number of hydrogen-bond donors (Lipinski definition) is 0. The van der Waals surface area contributed by atoms with Crippen LogP contribution < -0.4 is 0 Å². The molecule has 0 saturated heterocycles. The normalized spacial score (nSPS) is 10.2. The zero-order valence-corrected chi connectivity index (χ0v) is 9.00. The van der Waals surface area contributed by atoms with E-state index in [4.69, 9.17) is 0 Å². The van der Waals surface area contributed by atoms with E-state index in [1.165, 1.54) is 0 Å². The van der Waals surface area contributed by atoms with Gasteiger partial charge in [0.25, 0.3) is 0 Å². The SMILES string of the molecule is CCCC(=O)c1cc(C)nnc1CC. The van der Waals surface area contributed by atoms with Gasteiger partial charge in [0.05, 0.1) is 11.4 Å². The smallest absolute Gasteiger partial charge is 0.164 e. The van der Waals surface area contributed by atoms with Crippen LogP contribution in [0.1, 0.15) is 48.4 Å². The van der Waals surface area contributed by atoms with Crippen molar-refractivity contribution in [2.45, 2.75) is 40.0 Å². The van der Waals surface area contributed by atoms with Gasteiger partial charge in [-0.05, 0) is 25.8 Å². The molecule has 0 aromatic carbocycles. The highest BCUT2D eigenvalue weighted by atomic mass is 16.1. The van der Waals surface area contributed by atoms with Gasteiger partial charge in [-0.15, -0.1) is 0 Å². The number of rotatable bonds is 4. The van der Waals surface area contributed by atoms with Crippen LogP contribution in [0.2, 0.25) is 0 Å². The van der Waals surface area contributed by atoms with E-state index in [9.17, 15) is 4.79 Å². The minimum absolute atomic E-state index is 0.183. The summed E-state index contributed by atoms with van der Waals surface area (Å²) in [6.07, 6.45) is 2.24. The largest absolute Gasteiger partial charge is 0.294 e. The Labute approximate surface area is 84.6 Å². The third kappa shape index (κ3) is 2.37. The maximum Gasteiger partial charge on any atom is 0.164 e. The van der Waals surface area contributed by atoms with E-state index in [2.05, 4.69) is 10.2 Å². The topological polar surface area (TPSA) is 42.9 Å². The molecule has 0 spiro atoms. The Morgan fingerprint density at radius 3 is 2.64 bits per heavy atom. The van der Waals surface area contributed by atoms with E-state index >= 15 is 0 Å². The predicted molar refractivity (Wildman–Crippen MR) is 55.4 cm³/mol. The highest BCUT2D eigenvalue weighted by Crippen LogP contribution is 2.11. The second kappa shape index (κ2) is 4.84. The van der Waals surface area contributed by atoms with Crippen molar-refractivity contribution in [2.24, 2.45) is 0 Å². The molecule has 1 rings (SSSR count). The second-order valence-corrected chi connectivity index (χ2v) is 3.37. The number of carbonyl (C=O) groups is 1. The van der Waals surface area contributed by atoms with Gasteiger partial charge in [0.1, 0.15) is 0 Å². The van der Waals surface area contributed by atoms with Gasteiger partial charge in [0.15, 0.2) is 5.78 Å². The van der Waals surface area contributed by atoms with Crippen molar-refractivity contribution < 1.29 is 4.79 Å². The molecule has 0 aliphatic rings. The van der Waals surface area contributed by atoms with E-state index in [1.807, 2.05) is 26.8 Å². The molecule has 3 heteroatoms. The Kier molecular flexibility index (Phi) is 3.74. The van der Waals surface area contributed by atoms with Gasteiger partial charge < -0.3 is 0 Å². The predicted octanol–water partition coefficient (Wildman–Crippen LogP) is 2.33. The molecule has 0 aliphatic carbocycles. The first-order valence-corrected chi connectivity index (χ1v) is 5.05. The molecule has 3 nitrogen and oxygen atoms in total. The lowest BCUT2D eigenvalue weighted by Gasteiger charge is -2.04. The quantitative estimate of drug-likeness (QED) is 0.687. The van der Waals surface area contributed by atoms with Gasteiger partial charge in [-0.25, -0.2) is 0 Å². The first kappa shape index (κ1) is 10.8. The molecule has 1 aromatic heterocycles. The molecule has 0 atom stereocenters. The summed E-state index contributed by atoms with van der Waals surface area (Å²) in [5.74, 6) is 0.183. The average molecular weight is 192 g/mol. The molecule has 0 unspecified atom stereocenters. The molecule has 0 saturated carbocycles. The van der Waals surface area contributed by atoms with E-state index in [0.717, 1.165) is 29.8 Å². The van der Waals surface area contributed by atoms with Gasteiger partial charge in [0, 0.05) is 12.0 Å². The number of aryl methyl sites for hydroxylation is 2. The third-order valence-electron chi connectivity index (χ3n) is 2.10. The van der Waals surface area contributed by atoms with Crippen LogP contribution in [0.15, 0.2) is 6.07 Å².